The average molecular weight is 346 g/mol. The molecule has 1 aliphatic heterocycles. The molecule has 1 N–H and O–H groups in total. The van der Waals surface area contributed by atoms with Crippen LogP contribution in [0.15, 0.2) is 28.9 Å². The Hall–Kier alpha value is -2.28. The van der Waals surface area contributed by atoms with Crippen molar-refractivity contribution in [2.45, 2.75) is 32.2 Å². The van der Waals surface area contributed by atoms with Gasteiger partial charge in [0.05, 0.1) is 24.6 Å². The van der Waals surface area contributed by atoms with Gasteiger partial charge in [0.2, 0.25) is 0 Å². The van der Waals surface area contributed by atoms with E-state index >= 15 is 0 Å². The number of carbonyl (C=O) groups excluding carboxylic acids is 1. The second kappa shape index (κ2) is 7.74. The van der Waals surface area contributed by atoms with Gasteiger partial charge < -0.3 is 14.1 Å². The van der Waals surface area contributed by atoms with Gasteiger partial charge in [0, 0.05) is 33.2 Å². The molecule has 0 bridgehead atoms. The summed E-state index contributed by atoms with van der Waals surface area (Å²) in [4.78, 5) is 14.7. The number of aryl methyl sites for hydroxylation is 1. The molecule has 2 amide bonds. The Morgan fingerprint density at radius 3 is 3.08 bits per heavy atom. The van der Waals surface area contributed by atoms with Gasteiger partial charge in [-0.25, -0.2) is 4.79 Å². The fraction of sp³-hybridized carbons (Fsp3) is 0.556. The first-order valence-corrected chi connectivity index (χ1v) is 8.71. The van der Waals surface area contributed by atoms with Crippen molar-refractivity contribution in [2.75, 3.05) is 25.6 Å². The lowest BCUT2D eigenvalue weighted by atomic mass is 9.91. The maximum Gasteiger partial charge on any atom is 0.323 e. The molecule has 0 saturated carbocycles. The molecule has 0 aliphatic carbocycles. The first-order chi connectivity index (χ1) is 12.1. The van der Waals surface area contributed by atoms with Crippen LogP contribution in [0, 0.1) is 5.92 Å². The van der Waals surface area contributed by atoms with Crippen molar-refractivity contribution in [1.29, 1.82) is 0 Å². The van der Waals surface area contributed by atoms with Crippen molar-refractivity contribution >= 4 is 11.8 Å². The third-order valence-corrected chi connectivity index (χ3v) is 4.72. The van der Waals surface area contributed by atoms with Crippen molar-refractivity contribution in [3.8, 4) is 0 Å². The molecule has 2 aromatic heterocycles. The zero-order valence-electron chi connectivity index (χ0n) is 15.1. The highest BCUT2D eigenvalue weighted by Gasteiger charge is 2.33. The van der Waals surface area contributed by atoms with Crippen LogP contribution in [0.5, 0.6) is 0 Å². The van der Waals surface area contributed by atoms with E-state index in [1.807, 2.05) is 30.1 Å². The highest BCUT2D eigenvalue weighted by atomic mass is 16.5. The molecule has 2 unspecified atom stereocenters. The summed E-state index contributed by atoms with van der Waals surface area (Å²) in [5.41, 5.74) is 0.898. The predicted octanol–water partition coefficient (Wildman–Crippen LogP) is 3.21. The minimum absolute atomic E-state index is 0.0278. The zero-order valence-corrected chi connectivity index (χ0v) is 15.1. The molecule has 136 valence electrons. The summed E-state index contributed by atoms with van der Waals surface area (Å²) in [6.07, 6.45) is 4.28. The number of carbonyl (C=O) groups is 1. The number of likely N-dealkylation sites (tertiary alicyclic amines) is 1. The first kappa shape index (κ1) is 17.5. The van der Waals surface area contributed by atoms with E-state index < -0.39 is 0 Å². The summed E-state index contributed by atoms with van der Waals surface area (Å²) in [6, 6.07) is 5.56. The van der Waals surface area contributed by atoms with E-state index in [0.717, 1.165) is 30.7 Å². The second-order valence-corrected chi connectivity index (χ2v) is 6.67. The number of hydrogen-bond donors (Lipinski definition) is 1. The molecule has 1 aliphatic rings. The zero-order chi connectivity index (χ0) is 17.8. The van der Waals surface area contributed by atoms with E-state index in [1.165, 1.54) is 0 Å². The number of urea groups is 1. The fourth-order valence-corrected chi connectivity index (χ4v) is 3.29. The number of rotatable bonds is 5. The Kier molecular flexibility index (Phi) is 5.43. The van der Waals surface area contributed by atoms with Crippen LogP contribution < -0.4 is 5.32 Å². The van der Waals surface area contributed by atoms with Gasteiger partial charge in [-0.1, -0.05) is 6.92 Å². The number of anilines is 1. The Labute approximate surface area is 147 Å². The highest BCUT2D eigenvalue weighted by Crippen LogP contribution is 2.34. The summed E-state index contributed by atoms with van der Waals surface area (Å²) in [6.45, 7) is 3.54. The van der Waals surface area contributed by atoms with Gasteiger partial charge in [-0.05, 0) is 30.9 Å². The van der Waals surface area contributed by atoms with E-state index in [2.05, 4.69) is 17.3 Å². The molecule has 7 heteroatoms. The number of nitrogens with one attached hydrogen (secondary N) is 1. The third-order valence-electron chi connectivity index (χ3n) is 4.72. The second-order valence-electron chi connectivity index (χ2n) is 6.67. The first-order valence-electron chi connectivity index (χ1n) is 8.71. The van der Waals surface area contributed by atoms with E-state index in [1.54, 1.807) is 18.1 Å². The standard InChI is InChI=1S/C18H26N4O3/c1-13-6-8-22(15(11-13)16-5-4-9-25-16)18(23)19-17-12-14(7-10-24-3)20-21(17)2/h4-5,9,12-13,15H,6-8,10-11H2,1-3H3,(H,19,23). The normalized spacial score (nSPS) is 20.7. The number of ether oxygens (including phenoxy) is 1. The molecule has 1 saturated heterocycles. The summed E-state index contributed by atoms with van der Waals surface area (Å²) < 4.78 is 12.3. The van der Waals surface area contributed by atoms with Gasteiger partial charge in [0.15, 0.2) is 0 Å². The smallest absolute Gasteiger partial charge is 0.323 e. The van der Waals surface area contributed by atoms with Crippen LogP contribution in [-0.2, 0) is 18.2 Å². The minimum Gasteiger partial charge on any atom is -0.467 e. The van der Waals surface area contributed by atoms with E-state index in [-0.39, 0.29) is 12.1 Å². The SMILES string of the molecule is COCCc1cc(NC(=O)N2CCC(C)CC2c2ccco2)n(C)n1. The van der Waals surface area contributed by atoms with Crippen LogP contribution in [0.4, 0.5) is 10.6 Å². The molecule has 1 fully saturated rings. The van der Waals surface area contributed by atoms with Crippen LogP contribution in [0.3, 0.4) is 0 Å². The maximum absolute atomic E-state index is 12.9. The summed E-state index contributed by atoms with van der Waals surface area (Å²) in [7, 11) is 3.49. The molecule has 7 nitrogen and oxygen atoms in total. The molecular weight excluding hydrogens is 320 g/mol. The number of nitrogens with zero attached hydrogens (tertiary/aromatic N) is 3. The minimum atomic E-state index is -0.116. The Morgan fingerprint density at radius 1 is 1.52 bits per heavy atom. The maximum atomic E-state index is 12.9. The molecule has 0 spiro atoms. The lowest BCUT2D eigenvalue weighted by Gasteiger charge is -2.37. The molecule has 0 radical (unpaired) electrons. The van der Waals surface area contributed by atoms with Crippen LogP contribution in [0.1, 0.15) is 37.3 Å². The third kappa shape index (κ3) is 4.04. The van der Waals surface area contributed by atoms with Crippen molar-refractivity contribution in [3.63, 3.8) is 0 Å². The number of piperidine rings is 1. The molecular formula is C18H26N4O3. The molecule has 3 rings (SSSR count). The Bertz CT molecular complexity index is 695. The summed E-state index contributed by atoms with van der Waals surface area (Å²) in [5, 5.41) is 7.40. The monoisotopic (exact) mass is 346 g/mol. The van der Waals surface area contributed by atoms with Crippen LogP contribution in [-0.4, -0.2) is 41.0 Å². The molecule has 25 heavy (non-hydrogen) atoms. The van der Waals surface area contributed by atoms with Gasteiger partial charge in [-0.15, -0.1) is 0 Å². The number of methoxy groups -OCH3 is 1. The number of furan rings is 1. The van der Waals surface area contributed by atoms with Crippen LogP contribution in [0.2, 0.25) is 0 Å². The molecule has 3 heterocycles. The Balaban J connectivity index is 1.72. The lowest BCUT2D eigenvalue weighted by molar-refractivity contribution is 0.129. The van der Waals surface area contributed by atoms with Crippen LogP contribution in [0.25, 0.3) is 0 Å². The van der Waals surface area contributed by atoms with Crippen molar-refractivity contribution in [1.82, 2.24) is 14.7 Å². The quantitative estimate of drug-likeness (QED) is 0.902. The topological polar surface area (TPSA) is 72.5 Å². The van der Waals surface area contributed by atoms with Gasteiger partial charge in [-0.3, -0.25) is 10.00 Å². The van der Waals surface area contributed by atoms with Crippen molar-refractivity contribution < 1.29 is 13.9 Å². The largest absolute Gasteiger partial charge is 0.467 e. The van der Waals surface area contributed by atoms with E-state index in [9.17, 15) is 4.79 Å². The number of hydrogen-bond acceptors (Lipinski definition) is 4. The van der Waals surface area contributed by atoms with Gasteiger partial charge in [-0.2, -0.15) is 5.10 Å². The lowest BCUT2D eigenvalue weighted by Crippen LogP contribution is -2.43. The highest BCUT2D eigenvalue weighted by molar-refractivity contribution is 5.88. The van der Waals surface area contributed by atoms with Crippen molar-refractivity contribution in [3.05, 3.63) is 35.9 Å². The number of aromatic nitrogens is 2. The van der Waals surface area contributed by atoms with Crippen molar-refractivity contribution in [2.24, 2.45) is 13.0 Å². The Morgan fingerprint density at radius 2 is 2.36 bits per heavy atom. The van der Waals surface area contributed by atoms with Gasteiger partial charge in [0.1, 0.15) is 11.6 Å². The fourth-order valence-electron chi connectivity index (χ4n) is 3.29. The average Bonchev–Trinajstić information content (AvgIpc) is 3.23. The summed E-state index contributed by atoms with van der Waals surface area (Å²) in [5.74, 6) is 2.09. The van der Waals surface area contributed by atoms with Crippen LogP contribution >= 0.6 is 0 Å². The molecule has 2 atom stereocenters. The molecule has 0 aromatic carbocycles. The van der Waals surface area contributed by atoms with Gasteiger partial charge in [0.25, 0.3) is 0 Å². The van der Waals surface area contributed by atoms with Gasteiger partial charge >= 0.3 is 6.03 Å². The predicted molar refractivity (Wildman–Crippen MR) is 94.4 cm³/mol. The van der Waals surface area contributed by atoms with E-state index in [4.69, 9.17) is 9.15 Å². The van der Waals surface area contributed by atoms with E-state index in [0.29, 0.717) is 24.9 Å². The number of amides is 2. The summed E-state index contributed by atoms with van der Waals surface area (Å²) >= 11 is 0. The molecule has 2 aromatic rings.